The van der Waals surface area contributed by atoms with Gasteiger partial charge >= 0.3 is 5.69 Å². The van der Waals surface area contributed by atoms with Crippen molar-refractivity contribution in [1.29, 1.82) is 0 Å². The Kier molecular flexibility index (Phi) is 3.34. The Balaban J connectivity index is 2.36. The van der Waals surface area contributed by atoms with Crippen molar-refractivity contribution in [2.45, 2.75) is 0 Å². The lowest BCUT2D eigenvalue weighted by atomic mass is 10.3. The quantitative estimate of drug-likeness (QED) is 0.641. The van der Waals surface area contributed by atoms with E-state index in [0.29, 0.717) is 10.4 Å². The molecule has 0 aliphatic heterocycles. The van der Waals surface area contributed by atoms with Crippen LogP contribution in [0.3, 0.4) is 0 Å². The molecule has 6 heteroatoms. The zero-order valence-electron chi connectivity index (χ0n) is 8.54. The fourth-order valence-corrected chi connectivity index (χ4v) is 1.59. The van der Waals surface area contributed by atoms with Crippen molar-refractivity contribution < 1.29 is 9.66 Å². The van der Waals surface area contributed by atoms with Crippen LogP contribution in [-0.4, -0.2) is 9.91 Å². The number of pyridine rings is 1. The predicted octanol–water partition coefficient (Wildman–Crippen LogP) is 3.54. The summed E-state index contributed by atoms with van der Waals surface area (Å²) in [7, 11) is 0. The molecule has 5 nitrogen and oxygen atoms in total. The molecule has 0 N–H and O–H groups in total. The van der Waals surface area contributed by atoms with Crippen molar-refractivity contribution in [2.24, 2.45) is 0 Å². The van der Waals surface area contributed by atoms with Crippen LogP contribution in [0, 0.1) is 10.1 Å². The van der Waals surface area contributed by atoms with Crippen molar-refractivity contribution in [2.75, 3.05) is 0 Å². The molecular weight excluding hydrogens is 288 g/mol. The molecule has 2 aromatic rings. The van der Waals surface area contributed by atoms with E-state index in [1.54, 1.807) is 30.5 Å². The molecule has 0 aliphatic rings. The molecule has 0 fully saturated rings. The summed E-state index contributed by atoms with van der Waals surface area (Å²) in [4.78, 5) is 14.3. The Labute approximate surface area is 105 Å². The van der Waals surface area contributed by atoms with Gasteiger partial charge in [-0.05, 0) is 18.2 Å². The third kappa shape index (κ3) is 2.79. The number of nitro groups is 1. The third-order valence-electron chi connectivity index (χ3n) is 1.97. The minimum Gasteiger partial charge on any atom is -0.432 e. The maximum Gasteiger partial charge on any atom is 0.312 e. The van der Waals surface area contributed by atoms with Gasteiger partial charge in [-0.15, -0.1) is 0 Å². The van der Waals surface area contributed by atoms with E-state index < -0.39 is 4.92 Å². The molecule has 0 saturated heterocycles. The van der Waals surface area contributed by atoms with Gasteiger partial charge in [0, 0.05) is 22.8 Å². The van der Waals surface area contributed by atoms with E-state index in [0.717, 1.165) is 0 Å². The fourth-order valence-electron chi connectivity index (χ4n) is 1.24. The van der Waals surface area contributed by atoms with Gasteiger partial charge in [0.25, 0.3) is 0 Å². The Morgan fingerprint density at radius 1 is 1.29 bits per heavy atom. The molecular formula is C11H7BrN2O3. The number of hydrogen-bond acceptors (Lipinski definition) is 4. The standard InChI is InChI=1S/C11H7BrN2O3/c12-8-4-5-10(9(7-8)14(15)16)17-11-3-1-2-6-13-11/h1-7H. The number of rotatable bonds is 3. The Morgan fingerprint density at radius 2 is 2.12 bits per heavy atom. The lowest BCUT2D eigenvalue weighted by Gasteiger charge is -2.04. The van der Waals surface area contributed by atoms with E-state index in [1.165, 1.54) is 12.1 Å². The largest absolute Gasteiger partial charge is 0.432 e. The van der Waals surface area contributed by atoms with Crippen LogP contribution in [0.25, 0.3) is 0 Å². The summed E-state index contributed by atoms with van der Waals surface area (Å²) in [6, 6.07) is 9.70. The molecule has 2 rings (SSSR count). The average molecular weight is 295 g/mol. The van der Waals surface area contributed by atoms with Crippen LogP contribution in [0.5, 0.6) is 11.6 Å². The van der Waals surface area contributed by atoms with E-state index in [4.69, 9.17) is 4.74 Å². The van der Waals surface area contributed by atoms with Gasteiger partial charge in [-0.2, -0.15) is 0 Å². The van der Waals surface area contributed by atoms with E-state index in [1.807, 2.05) is 0 Å². The summed E-state index contributed by atoms with van der Waals surface area (Å²) >= 11 is 3.17. The van der Waals surface area contributed by atoms with Crippen LogP contribution in [0.15, 0.2) is 47.1 Å². The van der Waals surface area contributed by atoms with Crippen molar-refractivity contribution >= 4 is 21.6 Å². The highest BCUT2D eigenvalue weighted by atomic mass is 79.9. The second-order valence-corrected chi connectivity index (χ2v) is 4.05. The molecule has 1 aromatic heterocycles. The number of hydrogen-bond donors (Lipinski definition) is 0. The number of nitrogens with zero attached hydrogens (tertiary/aromatic N) is 2. The molecule has 0 bridgehead atoms. The van der Waals surface area contributed by atoms with E-state index in [9.17, 15) is 10.1 Å². The zero-order chi connectivity index (χ0) is 12.3. The second kappa shape index (κ2) is 4.92. The van der Waals surface area contributed by atoms with Crippen LogP contribution in [0.2, 0.25) is 0 Å². The third-order valence-corrected chi connectivity index (χ3v) is 2.46. The second-order valence-electron chi connectivity index (χ2n) is 3.14. The highest BCUT2D eigenvalue weighted by Gasteiger charge is 2.16. The highest BCUT2D eigenvalue weighted by Crippen LogP contribution is 2.32. The van der Waals surface area contributed by atoms with Gasteiger partial charge in [0.2, 0.25) is 11.6 Å². The predicted molar refractivity (Wildman–Crippen MR) is 65.1 cm³/mol. The maximum atomic E-state index is 10.8. The number of benzene rings is 1. The number of nitro benzene ring substituents is 1. The Morgan fingerprint density at radius 3 is 2.76 bits per heavy atom. The molecule has 0 aliphatic carbocycles. The van der Waals surface area contributed by atoms with Gasteiger partial charge in [-0.3, -0.25) is 10.1 Å². The number of aromatic nitrogens is 1. The van der Waals surface area contributed by atoms with Gasteiger partial charge < -0.3 is 4.74 Å². The molecule has 0 radical (unpaired) electrons. The van der Waals surface area contributed by atoms with Gasteiger partial charge in [-0.25, -0.2) is 4.98 Å². The van der Waals surface area contributed by atoms with Crippen molar-refractivity contribution in [1.82, 2.24) is 4.98 Å². The highest BCUT2D eigenvalue weighted by molar-refractivity contribution is 9.10. The minimum absolute atomic E-state index is 0.106. The van der Waals surface area contributed by atoms with Crippen LogP contribution < -0.4 is 4.74 Å². The topological polar surface area (TPSA) is 65.3 Å². The Bertz CT molecular complexity index is 546. The van der Waals surface area contributed by atoms with E-state index >= 15 is 0 Å². The van der Waals surface area contributed by atoms with Crippen LogP contribution in [-0.2, 0) is 0 Å². The smallest absolute Gasteiger partial charge is 0.312 e. The Hall–Kier alpha value is -1.95. The lowest BCUT2D eigenvalue weighted by molar-refractivity contribution is -0.385. The van der Waals surface area contributed by atoms with E-state index in [2.05, 4.69) is 20.9 Å². The first kappa shape index (κ1) is 11.5. The first-order chi connectivity index (χ1) is 8.16. The SMILES string of the molecule is O=[N+]([O-])c1cc(Br)ccc1Oc1ccccn1. The van der Waals surface area contributed by atoms with E-state index in [-0.39, 0.29) is 11.4 Å². The zero-order valence-corrected chi connectivity index (χ0v) is 10.1. The van der Waals surface area contributed by atoms with Crippen molar-refractivity contribution in [3.63, 3.8) is 0 Å². The van der Waals surface area contributed by atoms with Crippen LogP contribution in [0.4, 0.5) is 5.69 Å². The molecule has 0 atom stereocenters. The maximum absolute atomic E-state index is 10.8. The molecule has 0 saturated carbocycles. The summed E-state index contributed by atoms with van der Waals surface area (Å²) < 4.78 is 5.97. The van der Waals surface area contributed by atoms with Crippen molar-refractivity contribution in [3.05, 3.63) is 57.2 Å². The van der Waals surface area contributed by atoms with Gasteiger partial charge in [-0.1, -0.05) is 22.0 Å². The molecule has 1 heterocycles. The monoisotopic (exact) mass is 294 g/mol. The molecule has 86 valence electrons. The van der Waals surface area contributed by atoms with Gasteiger partial charge in [0.1, 0.15) is 0 Å². The number of ether oxygens (including phenoxy) is 1. The fraction of sp³-hybridized carbons (Fsp3) is 0. The average Bonchev–Trinajstić information content (AvgIpc) is 2.32. The molecule has 0 spiro atoms. The van der Waals surface area contributed by atoms with Crippen LogP contribution in [0.1, 0.15) is 0 Å². The molecule has 17 heavy (non-hydrogen) atoms. The first-order valence-electron chi connectivity index (χ1n) is 4.69. The van der Waals surface area contributed by atoms with Crippen molar-refractivity contribution in [3.8, 4) is 11.6 Å². The summed E-state index contributed by atoms with van der Waals surface area (Å²) in [6.45, 7) is 0. The summed E-state index contributed by atoms with van der Waals surface area (Å²) in [5.41, 5.74) is -0.106. The number of halogens is 1. The molecule has 0 unspecified atom stereocenters. The minimum atomic E-state index is -0.497. The molecule has 1 aromatic carbocycles. The molecule has 0 amide bonds. The van der Waals surface area contributed by atoms with Gasteiger partial charge in [0.05, 0.1) is 4.92 Å². The van der Waals surface area contributed by atoms with Gasteiger partial charge in [0.15, 0.2) is 0 Å². The summed E-state index contributed by atoms with van der Waals surface area (Å²) in [6.07, 6.45) is 1.56. The summed E-state index contributed by atoms with van der Waals surface area (Å²) in [5, 5.41) is 10.8. The lowest BCUT2D eigenvalue weighted by Crippen LogP contribution is -1.94. The normalized spacial score (nSPS) is 9.94. The summed E-state index contributed by atoms with van der Waals surface area (Å²) in [5.74, 6) is 0.481. The van der Waals surface area contributed by atoms with Crippen LogP contribution >= 0.6 is 15.9 Å². The first-order valence-corrected chi connectivity index (χ1v) is 5.49.